The minimum Gasteiger partial charge on any atom is -0.462 e. The molecule has 9 nitrogen and oxygen atoms in total. The summed E-state index contributed by atoms with van der Waals surface area (Å²) >= 11 is 6.85. The van der Waals surface area contributed by atoms with Gasteiger partial charge in [0.25, 0.3) is 11.8 Å². The van der Waals surface area contributed by atoms with E-state index in [9.17, 15) is 27.6 Å². The number of nitrogens with one attached hydrogen (secondary N) is 1. The predicted molar refractivity (Wildman–Crippen MR) is 114 cm³/mol. The maximum atomic E-state index is 13.4. The van der Waals surface area contributed by atoms with Crippen molar-refractivity contribution < 1.29 is 32.3 Å². The van der Waals surface area contributed by atoms with Crippen LogP contribution in [0.3, 0.4) is 0 Å². The van der Waals surface area contributed by atoms with Gasteiger partial charge in [0.2, 0.25) is 0 Å². The lowest BCUT2D eigenvalue weighted by atomic mass is 10.1. The first kappa shape index (κ1) is 24.5. The monoisotopic (exact) mass is 503 g/mol. The number of anilines is 1. The number of halogens is 4. The van der Waals surface area contributed by atoms with Crippen molar-refractivity contribution in [2.75, 3.05) is 11.9 Å². The molecular formula is C19H17ClF3N5O4S. The molecule has 176 valence electrons. The number of thiophene rings is 1. The number of hydrogen-bond acceptors (Lipinski definition) is 7. The van der Waals surface area contributed by atoms with Gasteiger partial charge in [-0.25, -0.2) is 14.3 Å². The quantitative estimate of drug-likeness (QED) is 0.489. The highest BCUT2D eigenvalue weighted by molar-refractivity contribution is 7.18. The molecule has 0 atom stereocenters. The lowest BCUT2D eigenvalue weighted by Gasteiger charge is -2.09. The second-order valence-electron chi connectivity index (χ2n) is 6.89. The zero-order valence-electron chi connectivity index (χ0n) is 17.5. The van der Waals surface area contributed by atoms with Crippen LogP contribution in [-0.2, 0) is 10.9 Å². The summed E-state index contributed by atoms with van der Waals surface area (Å²) in [5.74, 6) is -2.65. The Balaban J connectivity index is 2.08. The molecular weight excluding hydrogens is 487 g/mol. The number of alkyl halides is 3. The molecule has 0 fully saturated rings. The van der Waals surface area contributed by atoms with Crippen molar-refractivity contribution in [1.29, 1.82) is 0 Å². The van der Waals surface area contributed by atoms with E-state index in [4.69, 9.17) is 22.1 Å². The first-order valence-electron chi connectivity index (χ1n) is 9.41. The summed E-state index contributed by atoms with van der Waals surface area (Å²) in [7, 11) is 0. The Morgan fingerprint density at radius 3 is 2.55 bits per heavy atom. The van der Waals surface area contributed by atoms with Crippen LogP contribution in [0.5, 0.6) is 0 Å². The van der Waals surface area contributed by atoms with Crippen molar-refractivity contribution >= 4 is 51.4 Å². The molecule has 0 saturated carbocycles. The molecule has 0 unspecified atom stereocenters. The highest BCUT2D eigenvalue weighted by Gasteiger charge is 2.36. The number of aryl methyl sites for hydroxylation is 1. The first-order valence-corrected chi connectivity index (χ1v) is 10.6. The number of rotatable bonds is 6. The van der Waals surface area contributed by atoms with Crippen LogP contribution < -0.4 is 11.1 Å². The van der Waals surface area contributed by atoms with Crippen molar-refractivity contribution in [2.24, 2.45) is 5.73 Å². The smallest absolute Gasteiger partial charge is 0.433 e. The van der Waals surface area contributed by atoms with Crippen LogP contribution in [0.2, 0.25) is 5.02 Å². The van der Waals surface area contributed by atoms with Crippen LogP contribution in [-0.4, -0.2) is 39.0 Å². The minimum atomic E-state index is -4.79. The third kappa shape index (κ3) is 4.64. The van der Waals surface area contributed by atoms with Crippen molar-refractivity contribution in [3.8, 4) is 0 Å². The normalized spacial score (nSPS) is 11.6. The second-order valence-corrected chi connectivity index (χ2v) is 8.29. The van der Waals surface area contributed by atoms with Crippen LogP contribution in [0.15, 0.2) is 6.07 Å². The topological polar surface area (TPSA) is 129 Å². The molecule has 3 N–H and O–H groups in total. The van der Waals surface area contributed by atoms with Crippen LogP contribution >= 0.6 is 22.9 Å². The van der Waals surface area contributed by atoms with Gasteiger partial charge in [0.15, 0.2) is 11.3 Å². The molecule has 33 heavy (non-hydrogen) atoms. The Bertz CT molecular complexity index is 1280. The second kappa shape index (κ2) is 8.98. The van der Waals surface area contributed by atoms with Gasteiger partial charge in [-0.1, -0.05) is 18.5 Å². The summed E-state index contributed by atoms with van der Waals surface area (Å²) in [6, 6.07) is 0.765. The van der Waals surface area contributed by atoms with E-state index in [1.807, 2.05) is 0 Å². The molecule has 3 aromatic heterocycles. The van der Waals surface area contributed by atoms with Crippen molar-refractivity contribution in [3.05, 3.63) is 44.2 Å². The fourth-order valence-corrected chi connectivity index (χ4v) is 4.26. The van der Waals surface area contributed by atoms with Crippen LogP contribution in [0, 0.1) is 13.8 Å². The van der Waals surface area contributed by atoms with Gasteiger partial charge in [0.1, 0.15) is 15.7 Å². The molecule has 3 heterocycles. The fourth-order valence-electron chi connectivity index (χ4n) is 2.97. The molecule has 14 heteroatoms. The Morgan fingerprint density at radius 2 is 1.97 bits per heavy atom. The summed E-state index contributed by atoms with van der Waals surface area (Å²) in [6.07, 6.45) is -4.25. The average molecular weight is 504 g/mol. The van der Waals surface area contributed by atoms with Gasteiger partial charge >= 0.3 is 12.1 Å². The summed E-state index contributed by atoms with van der Waals surface area (Å²) in [5.41, 5.74) is 3.37. The van der Waals surface area contributed by atoms with Crippen LogP contribution in [0.4, 0.5) is 18.2 Å². The lowest BCUT2D eigenvalue weighted by Crippen LogP contribution is -2.17. The van der Waals surface area contributed by atoms with Crippen molar-refractivity contribution in [2.45, 2.75) is 33.4 Å². The number of ether oxygens (including phenoxy) is 1. The minimum absolute atomic E-state index is 0.00601. The summed E-state index contributed by atoms with van der Waals surface area (Å²) in [5, 5.41) is 5.57. The number of aromatic nitrogens is 3. The molecule has 0 aromatic carbocycles. The van der Waals surface area contributed by atoms with Crippen LogP contribution in [0.1, 0.15) is 60.8 Å². The van der Waals surface area contributed by atoms with Gasteiger partial charge in [0, 0.05) is 5.69 Å². The van der Waals surface area contributed by atoms with E-state index < -0.39 is 40.4 Å². The average Bonchev–Trinajstić information content (AvgIpc) is 3.22. The van der Waals surface area contributed by atoms with E-state index >= 15 is 0 Å². The Morgan fingerprint density at radius 1 is 1.30 bits per heavy atom. The predicted octanol–water partition coefficient (Wildman–Crippen LogP) is 4.00. The fraction of sp³-hybridized carbons (Fsp3) is 0.316. The van der Waals surface area contributed by atoms with Gasteiger partial charge in [0.05, 0.1) is 17.0 Å². The number of carbonyl (C=O) groups excluding carboxylic acids is 3. The number of fused-ring (bicyclic) bond motifs is 1. The molecule has 0 spiro atoms. The lowest BCUT2D eigenvalue weighted by molar-refractivity contribution is -0.142. The molecule has 0 aliphatic heterocycles. The number of nitrogens with zero attached hydrogens (tertiary/aromatic N) is 3. The number of hydrogen-bond donors (Lipinski definition) is 2. The summed E-state index contributed by atoms with van der Waals surface area (Å²) in [4.78, 5) is 41.1. The van der Waals surface area contributed by atoms with Gasteiger partial charge in [-0.15, -0.1) is 11.3 Å². The van der Waals surface area contributed by atoms with Crippen molar-refractivity contribution in [3.63, 3.8) is 0 Å². The Hall–Kier alpha value is -3.19. The van der Waals surface area contributed by atoms with E-state index in [0.29, 0.717) is 10.9 Å². The zero-order valence-corrected chi connectivity index (χ0v) is 19.0. The molecule has 2 amide bonds. The van der Waals surface area contributed by atoms with E-state index in [-0.39, 0.29) is 39.0 Å². The molecule has 3 rings (SSSR count). The molecule has 0 aliphatic rings. The highest BCUT2D eigenvalue weighted by atomic mass is 35.5. The standard InChI is InChI=1S/C19H17ClF3N5O4S/c1-4-5-32-18(31)10-8(3)13(14(24)29)33-17(10)26-16(30)12-11(20)15-25-7(2)6-9(19(21,22)23)28(15)27-12/h6H,4-5H2,1-3H3,(H2,24,29)(H,26,30). The Labute approximate surface area is 193 Å². The first-order chi connectivity index (χ1) is 15.4. The number of amides is 2. The molecule has 0 bridgehead atoms. The third-order valence-electron chi connectivity index (χ3n) is 4.41. The van der Waals surface area contributed by atoms with E-state index in [0.717, 1.165) is 17.4 Å². The summed E-state index contributed by atoms with van der Waals surface area (Å²) in [6.45, 7) is 4.67. The molecule has 0 saturated heterocycles. The van der Waals surface area contributed by atoms with Gasteiger partial charge < -0.3 is 15.8 Å². The van der Waals surface area contributed by atoms with E-state index in [2.05, 4.69) is 15.4 Å². The molecule has 0 radical (unpaired) electrons. The van der Waals surface area contributed by atoms with E-state index in [1.165, 1.54) is 13.8 Å². The van der Waals surface area contributed by atoms with E-state index in [1.54, 1.807) is 6.92 Å². The third-order valence-corrected chi connectivity index (χ3v) is 5.98. The van der Waals surface area contributed by atoms with Crippen LogP contribution in [0.25, 0.3) is 5.65 Å². The van der Waals surface area contributed by atoms with Gasteiger partial charge in [-0.2, -0.15) is 18.3 Å². The number of nitrogens with two attached hydrogens (primary N) is 1. The summed E-state index contributed by atoms with van der Waals surface area (Å²) < 4.78 is 45.8. The highest BCUT2D eigenvalue weighted by Crippen LogP contribution is 2.35. The maximum Gasteiger partial charge on any atom is 0.433 e. The zero-order chi connectivity index (χ0) is 24.7. The number of carbonyl (C=O) groups is 3. The number of esters is 1. The molecule has 0 aliphatic carbocycles. The Kier molecular flexibility index (Phi) is 6.65. The SMILES string of the molecule is CCCOC(=O)c1c(NC(=O)c2nn3c(C(F)(F)F)cc(C)nc3c2Cl)sc(C(N)=O)c1C. The van der Waals surface area contributed by atoms with Crippen molar-refractivity contribution in [1.82, 2.24) is 14.6 Å². The molecule has 3 aromatic rings. The maximum absolute atomic E-state index is 13.4. The largest absolute Gasteiger partial charge is 0.462 e. The van der Waals surface area contributed by atoms with Gasteiger partial charge in [-0.05, 0) is 31.9 Å². The number of primary amides is 1. The van der Waals surface area contributed by atoms with Gasteiger partial charge in [-0.3, -0.25) is 9.59 Å².